The maximum atomic E-state index is 12.4. The van der Waals surface area contributed by atoms with Crippen molar-refractivity contribution >= 4 is 5.78 Å². The van der Waals surface area contributed by atoms with Crippen LogP contribution >= 0.6 is 0 Å². The van der Waals surface area contributed by atoms with E-state index < -0.39 is 5.60 Å². The zero-order chi connectivity index (χ0) is 16.1. The van der Waals surface area contributed by atoms with Crippen LogP contribution in [-0.4, -0.2) is 37.8 Å². The Bertz CT molecular complexity index is 697. The third kappa shape index (κ3) is 2.00. The highest BCUT2D eigenvalue weighted by atomic mass is 16.6. The van der Waals surface area contributed by atoms with Crippen LogP contribution in [0.15, 0.2) is 36.4 Å². The molecule has 4 heteroatoms. The first-order valence-electron chi connectivity index (χ1n) is 9.00. The fourth-order valence-electron chi connectivity index (χ4n) is 5.09. The van der Waals surface area contributed by atoms with Crippen LogP contribution in [0.1, 0.15) is 35.2 Å². The maximum Gasteiger partial charge on any atom is 0.186 e. The smallest absolute Gasteiger partial charge is 0.186 e. The average molecular weight is 326 g/mol. The van der Waals surface area contributed by atoms with Crippen molar-refractivity contribution < 1.29 is 19.0 Å². The molecule has 1 aliphatic carbocycles. The van der Waals surface area contributed by atoms with Crippen molar-refractivity contribution in [1.82, 2.24) is 0 Å². The van der Waals surface area contributed by atoms with Crippen LogP contribution in [0.4, 0.5) is 0 Å². The SMILES string of the molecule is O=C1C=CC2(O[C@H]3COCC[C@@H]3[C@H]3OCCC[C@@H]32)c2ccccc21. The van der Waals surface area contributed by atoms with Crippen molar-refractivity contribution in [3.05, 3.63) is 47.5 Å². The van der Waals surface area contributed by atoms with Crippen LogP contribution in [0.3, 0.4) is 0 Å². The van der Waals surface area contributed by atoms with E-state index in [1.165, 1.54) is 0 Å². The van der Waals surface area contributed by atoms with Gasteiger partial charge < -0.3 is 14.2 Å². The van der Waals surface area contributed by atoms with E-state index in [4.69, 9.17) is 14.2 Å². The van der Waals surface area contributed by atoms with E-state index in [0.717, 1.165) is 43.6 Å². The summed E-state index contributed by atoms with van der Waals surface area (Å²) in [6.07, 6.45) is 7.02. The first kappa shape index (κ1) is 14.8. The van der Waals surface area contributed by atoms with Gasteiger partial charge in [0.1, 0.15) is 5.60 Å². The van der Waals surface area contributed by atoms with Crippen molar-refractivity contribution in [2.24, 2.45) is 11.8 Å². The monoisotopic (exact) mass is 326 g/mol. The van der Waals surface area contributed by atoms with Crippen molar-refractivity contribution in [3.63, 3.8) is 0 Å². The Morgan fingerprint density at radius 2 is 2.04 bits per heavy atom. The molecule has 1 spiro atoms. The number of benzene rings is 1. The molecule has 3 saturated heterocycles. The summed E-state index contributed by atoms with van der Waals surface area (Å²) in [6.45, 7) is 2.23. The Labute approximate surface area is 141 Å². The second-order valence-electron chi connectivity index (χ2n) is 7.30. The molecule has 1 aromatic rings. The van der Waals surface area contributed by atoms with Gasteiger partial charge in [0.05, 0.1) is 18.8 Å². The van der Waals surface area contributed by atoms with Gasteiger partial charge in [0, 0.05) is 30.6 Å². The Balaban J connectivity index is 1.66. The number of ketones is 1. The third-order valence-electron chi connectivity index (χ3n) is 6.14. The molecule has 3 heterocycles. The number of carbonyl (C=O) groups is 1. The molecule has 126 valence electrons. The van der Waals surface area contributed by atoms with Crippen LogP contribution in [0.25, 0.3) is 0 Å². The predicted octanol–water partition coefficient (Wildman–Crippen LogP) is 2.86. The van der Waals surface area contributed by atoms with Crippen LogP contribution in [0.5, 0.6) is 0 Å². The highest BCUT2D eigenvalue weighted by Crippen LogP contribution is 2.53. The summed E-state index contributed by atoms with van der Waals surface area (Å²) < 4.78 is 18.7. The average Bonchev–Trinajstić information content (AvgIpc) is 2.65. The minimum atomic E-state index is -0.558. The summed E-state index contributed by atoms with van der Waals surface area (Å²) in [5.41, 5.74) is 1.21. The minimum Gasteiger partial charge on any atom is -0.379 e. The number of hydrogen-bond acceptors (Lipinski definition) is 4. The van der Waals surface area contributed by atoms with E-state index in [9.17, 15) is 4.79 Å². The van der Waals surface area contributed by atoms with Crippen LogP contribution in [0.2, 0.25) is 0 Å². The molecule has 0 amide bonds. The van der Waals surface area contributed by atoms with Gasteiger partial charge in [0.2, 0.25) is 0 Å². The Morgan fingerprint density at radius 1 is 1.12 bits per heavy atom. The summed E-state index contributed by atoms with van der Waals surface area (Å²) in [6, 6.07) is 7.88. The van der Waals surface area contributed by atoms with Crippen LogP contribution < -0.4 is 0 Å². The molecule has 0 saturated carbocycles. The van der Waals surface area contributed by atoms with E-state index in [1.807, 2.05) is 30.3 Å². The van der Waals surface area contributed by atoms with Crippen molar-refractivity contribution in [2.45, 2.75) is 37.1 Å². The van der Waals surface area contributed by atoms with E-state index in [0.29, 0.717) is 12.5 Å². The Morgan fingerprint density at radius 3 is 3.00 bits per heavy atom. The third-order valence-corrected chi connectivity index (χ3v) is 6.14. The molecule has 1 aromatic carbocycles. The largest absolute Gasteiger partial charge is 0.379 e. The summed E-state index contributed by atoms with van der Waals surface area (Å²) in [7, 11) is 0. The molecule has 1 unspecified atom stereocenters. The highest BCUT2D eigenvalue weighted by Gasteiger charge is 2.57. The minimum absolute atomic E-state index is 0.0315. The van der Waals surface area contributed by atoms with Gasteiger partial charge in [0.25, 0.3) is 0 Å². The van der Waals surface area contributed by atoms with Gasteiger partial charge >= 0.3 is 0 Å². The van der Waals surface area contributed by atoms with Gasteiger partial charge in [-0.15, -0.1) is 0 Å². The summed E-state index contributed by atoms with van der Waals surface area (Å²) >= 11 is 0. The quantitative estimate of drug-likeness (QED) is 0.735. The van der Waals surface area contributed by atoms with E-state index in [-0.39, 0.29) is 23.9 Å². The molecular formula is C20H22O4. The lowest BCUT2D eigenvalue weighted by molar-refractivity contribution is -0.266. The number of fused-ring (bicyclic) bond motifs is 6. The predicted molar refractivity (Wildman–Crippen MR) is 87.9 cm³/mol. The molecule has 0 radical (unpaired) electrons. The highest BCUT2D eigenvalue weighted by molar-refractivity contribution is 6.07. The molecule has 0 N–H and O–H groups in total. The zero-order valence-electron chi connectivity index (χ0n) is 13.6. The number of rotatable bonds is 0. The molecule has 3 aliphatic heterocycles. The molecular weight excluding hydrogens is 304 g/mol. The lowest BCUT2D eigenvalue weighted by Gasteiger charge is -2.56. The molecule has 0 bridgehead atoms. The van der Waals surface area contributed by atoms with Gasteiger partial charge in [-0.3, -0.25) is 4.79 Å². The number of allylic oxidation sites excluding steroid dienone is 1. The van der Waals surface area contributed by atoms with Gasteiger partial charge in [-0.1, -0.05) is 24.3 Å². The molecule has 5 atom stereocenters. The fraction of sp³-hybridized carbons (Fsp3) is 0.550. The first-order valence-corrected chi connectivity index (χ1v) is 9.00. The molecule has 0 aromatic heterocycles. The van der Waals surface area contributed by atoms with E-state index in [2.05, 4.69) is 0 Å². The normalized spacial score (nSPS) is 40.8. The Kier molecular flexibility index (Phi) is 3.40. The topological polar surface area (TPSA) is 44.8 Å². The standard InChI is InChI=1S/C20H22O4/c21-17-7-9-20(15-5-2-1-4-13(15)17)16-6-3-10-23-19(16)14-8-11-22-12-18(14)24-20/h1-2,4-5,7,9,14,16,18-19H,3,6,8,10-12H2/t14-,16-,18-,19+,20?/m0/s1. The van der Waals surface area contributed by atoms with Gasteiger partial charge in [-0.05, 0) is 37.0 Å². The second kappa shape index (κ2) is 5.51. The van der Waals surface area contributed by atoms with Crippen molar-refractivity contribution in [3.8, 4) is 0 Å². The van der Waals surface area contributed by atoms with Crippen LogP contribution in [0, 0.1) is 11.8 Å². The number of hydrogen-bond donors (Lipinski definition) is 0. The van der Waals surface area contributed by atoms with Gasteiger partial charge in [-0.25, -0.2) is 0 Å². The second-order valence-corrected chi connectivity index (χ2v) is 7.30. The molecule has 4 aliphatic rings. The first-order chi connectivity index (χ1) is 11.8. The molecule has 3 fully saturated rings. The van der Waals surface area contributed by atoms with Crippen LogP contribution in [-0.2, 0) is 19.8 Å². The number of carbonyl (C=O) groups excluding carboxylic acids is 1. The fourth-order valence-corrected chi connectivity index (χ4v) is 5.09. The molecule has 24 heavy (non-hydrogen) atoms. The van der Waals surface area contributed by atoms with Gasteiger partial charge in [-0.2, -0.15) is 0 Å². The zero-order valence-corrected chi connectivity index (χ0v) is 13.6. The van der Waals surface area contributed by atoms with Crippen molar-refractivity contribution in [2.75, 3.05) is 19.8 Å². The lowest BCUT2D eigenvalue weighted by atomic mass is 9.64. The maximum absolute atomic E-state index is 12.4. The van der Waals surface area contributed by atoms with E-state index in [1.54, 1.807) is 6.08 Å². The van der Waals surface area contributed by atoms with E-state index >= 15 is 0 Å². The van der Waals surface area contributed by atoms with Crippen molar-refractivity contribution in [1.29, 1.82) is 0 Å². The Hall–Kier alpha value is -1.49. The van der Waals surface area contributed by atoms with Gasteiger partial charge in [0.15, 0.2) is 5.78 Å². The number of ether oxygens (including phenoxy) is 3. The molecule has 5 rings (SSSR count). The summed E-state index contributed by atoms with van der Waals surface area (Å²) in [4.78, 5) is 12.4. The summed E-state index contributed by atoms with van der Waals surface area (Å²) in [5, 5.41) is 0. The lowest BCUT2D eigenvalue weighted by Crippen LogP contribution is -2.61. The summed E-state index contributed by atoms with van der Waals surface area (Å²) in [5.74, 6) is 0.721. The molecule has 4 nitrogen and oxygen atoms in total.